The number of likely N-dealkylation sites (tertiary alicyclic amines) is 1. The van der Waals surface area contributed by atoms with Crippen LogP contribution in [0.4, 0.5) is 39.9 Å². The van der Waals surface area contributed by atoms with Gasteiger partial charge in [0.2, 0.25) is 0 Å². The molecule has 3 rings (SSSR count). The molecule has 2 amide bonds. The van der Waals surface area contributed by atoms with E-state index in [1.807, 2.05) is 0 Å². The quantitative estimate of drug-likeness (QED) is 0.363. The third-order valence-corrected chi connectivity index (χ3v) is 6.90. The molecular formula is C26H29F8N3O. The van der Waals surface area contributed by atoms with Crippen LogP contribution in [0.5, 0.6) is 0 Å². The number of rotatable bonds is 6. The molecule has 4 nitrogen and oxygen atoms in total. The number of urea groups is 1. The molecule has 0 spiro atoms. The highest BCUT2D eigenvalue weighted by Gasteiger charge is 2.48. The second-order valence-electron chi connectivity index (χ2n) is 9.55. The first-order valence-corrected chi connectivity index (χ1v) is 12.0. The Morgan fingerprint density at radius 1 is 0.974 bits per heavy atom. The lowest BCUT2D eigenvalue weighted by molar-refractivity contribution is -0.143. The van der Waals surface area contributed by atoms with Crippen molar-refractivity contribution in [2.75, 3.05) is 33.9 Å². The summed E-state index contributed by atoms with van der Waals surface area (Å²) in [6, 6.07) is 4.59. The van der Waals surface area contributed by atoms with Crippen molar-refractivity contribution >= 4 is 6.03 Å². The zero-order valence-electron chi connectivity index (χ0n) is 21.2. The number of halogens is 8. The lowest BCUT2D eigenvalue weighted by Crippen LogP contribution is -2.63. The maximum Gasteiger partial charge on any atom is 0.416 e. The summed E-state index contributed by atoms with van der Waals surface area (Å²) >= 11 is 0. The smallest absolute Gasteiger partial charge is 0.323 e. The van der Waals surface area contributed by atoms with Crippen molar-refractivity contribution < 1.29 is 39.9 Å². The number of benzene rings is 2. The lowest BCUT2D eigenvalue weighted by Gasteiger charge is -2.53. The van der Waals surface area contributed by atoms with Crippen molar-refractivity contribution in [1.29, 1.82) is 0 Å². The van der Waals surface area contributed by atoms with E-state index >= 15 is 0 Å². The van der Waals surface area contributed by atoms with Crippen LogP contribution < -0.4 is 0 Å². The van der Waals surface area contributed by atoms with Crippen molar-refractivity contribution in [3.63, 3.8) is 0 Å². The molecule has 1 aliphatic heterocycles. The molecule has 38 heavy (non-hydrogen) atoms. The van der Waals surface area contributed by atoms with Gasteiger partial charge in [-0.3, -0.25) is 4.90 Å². The van der Waals surface area contributed by atoms with E-state index in [9.17, 15) is 39.9 Å². The molecule has 0 N–H and O–H groups in total. The summed E-state index contributed by atoms with van der Waals surface area (Å²) in [6.07, 6.45) is -8.43. The van der Waals surface area contributed by atoms with E-state index in [1.54, 1.807) is 18.9 Å². The van der Waals surface area contributed by atoms with E-state index in [0.29, 0.717) is 42.5 Å². The molecule has 1 aliphatic rings. The van der Waals surface area contributed by atoms with E-state index in [-0.39, 0.29) is 24.7 Å². The Bertz CT molecular complexity index is 1120. The van der Waals surface area contributed by atoms with Gasteiger partial charge in [-0.2, -0.15) is 26.3 Å². The predicted octanol–water partition coefficient (Wildman–Crippen LogP) is 6.96. The van der Waals surface area contributed by atoms with Gasteiger partial charge < -0.3 is 9.80 Å². The number of nitrogens with zero attached hydrogens (tertiary/aromatic N) is 3. The Labute approximate surface area is 215 Å². The topological polar surface area (TPSA) is 26.8 Å². The van der Waals surface area contributed by atoms with Crippen LogP contribution in [0.2, 0.25) is 0 Å². The predicted molar refractivity (Wildman–Crippen MR) is 125 cm³/mol. The normalized spacial score (nSPS) is 18.7. The Morgan fingerprint density at radius 3 is 2.11 bits per heavy atom. The van der Waals surface area contributed by atoms with Crippen LogP contribution in [0.1, 0.15) is 47.1 Å². The average Bonchev–Trinajstić information content (AvgIpc) is 2.82. The third-order valence-electron chi connectivity index (χ3n) is 6.90. The minimum absolute atomic E-state index is 0.0320. The fourth-order valence-electron chi connectivity index (χ4n) is 5.14. The molecule has 0 radical (unpaired) electrons. The number of carbonyl (C=O) groups excluding carboxylic acids is 1. The van der Waals surface area contributed by atoms with Gasteiger partial charge in [0, 0.05) is 26.7 Å². The molecule has 2 aromatic rings. The summed E-state index contributed by atoms with van der Waals surface area (Å²) in [5.41, 5.74) is -3.40. The fourth-order valence-corrected chi connectivity index (χ4v) is 5.14. The van der Waals surface area contributed by atoms with Crippen LogP contribution in [-0.2, 0) is 24.6 Å². The van der Waals surface area contributed by atoms with Gasteiger partial charge in [0.15, 0.2) is 0 Å². The van der Waals surface area contributed by atoms with E-state index in [4.69, 9.17) is 0 Å². The van der Waals surface area contributed by atoms with Gasteiger partial charge in [-0.15, -0.1) is 0 Å². The average molecular weight is 552 g/mol. The number of alkyl halides is 7. The molecular weight excluding hydrogens is 522 g/mol. The molecule has 2 aromatic carbocycles. The Hall–Kier alpha value is -2.89. The van der Waals surface area contributed by atoms with Gasteiger partial charge in [-0.05, 0) is 80.3 Å². The zero-order chi connectivity index (χ0) is 28.5. The summed E-state index contributed by atoms with van der Waals surface area (Å²) < 4.78 is 107. The second-order valence-corrected chi connectivity index (χ2v) is 9.55. The first kappa shape index (κ1) is 29.7. The van der Waals surface area contributed by atoms with Gasteiger partial charge in [-0.1, -0.05) is 6.07 Å². The van der Waals surface area contributed by atoms with Crippen LogP contribution >= 0.6 is 0 Å². The van der Waals surface area contributed by atoms with Gasteiger partial charge in [-0.25, -0.2) is 13.6 Å². The number of piperidine rings is 1. The second kappa shape index (κ2) is 11.1. The standard InChI is InChI=1S/C26H29F8N3O/c1-17-12-21(28)6-7-22(17)24(36(3)11-9-27)8-4-5-10-37(24)23(38)35(2)16-18-13-19(25(29,30)31)15-20(14-18)26(32,33)34/h6-7,12-15H,4-5,8-11,16H2,1-3H3/t24-/m1/s1. The largest absolute Gasteiger partial charge is 0.416 e. The number of carbonyl (C=O) groups is 1. The van der Waals surface area contributed by atoms with Gasteiger partial charge in [0.1, 0.15) is 18.2 Å². The van der Waals surface area contributed by atoms with Crippen LogP contribution in [0.25, 0.3) is 0 Å². The van der Waals surface area contributed by atoms with Gasteiger partial charge in [0.25, 0.3) is 0 Å². The molecule has 1 saturated heterocycles. The molecule has 210 valence electrons. The highest BCUT2D eigenvalue weighted by molar-refractivity contribution is 5.75. The monoisotopic (exact) mass is 551 g/mol. The van der Waals surface area contributed by atoms with Crippen LogP contribution in [0.15, 0.2) is 36.4 Å². The molecule has 1 fully saturated rings. The van der Waals surface area contributed by atoms with Crippen molar-refractivity contribution in [1.82, 2.24) is 14.7 Å². The highest BCUT2D eigenvalue weighted by Crippen LogP contribution is 2.43. The van der Waals surface area contributed by atoms with Gasteiger partial charge in [0.05, 0.1) is 11.1 Å². The van der Waals surface area contributed by atoms with E-state index in [0.717, 1.165) is 4.90 Å². The van der Waals surface area contributed by atoms with E-state index in [1.165, 1.54) is 30.1 Å². The summed E-state index contributed by atoms with van der Waals surface area (Å²) in [7, 11) is 2.90. The molecule has 0 aromatic heterocycles. The SMILES string of the molecule is Cc1cc(F)ccc1[C@@]1(N(C)CCF)CCCCN1C(=O)N(C)Cc1cc(C(F)(F)F)cc(C(F)(F)F)c1. The zero-order valence-corrected chi connectivity index (χ0v) is 21.2. The maximum atomic E-state index is 13.9. The Kier molecular flexibility index (Phi) is 8.64. The van der Waals surface area contributed by atoms with Crippen LogP contribution in [0.3, 0.4) is 0 Å². The molecule has 1 atom stereocenters. The fraction of sp³-hybridized carbons (Fsp3) is 0.500. The number of aryl methyl sites for hydroxylation is 1. The van der Waals surface area contributed by atoms with Crippen LogP contribution in [0, 0.1) is 12.7 Å². The summed E-state index contributed by atoms with van der Waals surface area (Å²) in [5, 5.41) is 0. The van der Waals surface area contributed by atoms with E-state index < -0.39 is 54.2 Å². The number of hydrogen-bond donors (Lipinski definition) is 0. The lowest BCUT2D eigenvalue weighted by atomic mass is 9.84. The number of hydrogen-bond acceptors (Lipinski definition) is 2. The van der Waals surface area contributed by atoms with Crippen LogP contribution in [-0.4, -0.2) is 54.6 Å². The van der Waals surface area contributed by atoms with Crippen molar-refractivity contribution in [3.8, 4) is 0 Å². The molecule has 0 saturated carbocycles. The van der Waals surface area contributed by atoms with Gasteiger partial charge >= 0.3 is 18.4 Å². The van der Waals surface area contributed by atoms with Crippen molar-refractivity contribution in [2.45, 2.75) is 50.7 Å². The molecule has 1 heterocycles. The first-order chi connectivity index (χ1) is 17.6. The maximum absolute atomic E-state index is 13.9. The van der Waals surface area contributed by atoms with E-state index in [2.05, 4.69) is 0 Å². The first-order valence-electron chi connectivity index (χ1n) is 12.0. The summed E-state index contributed by atoms with van der Waals surface area (Å²) in [5.74, 6) is -0.495. The Morgan fingerprint density at radius 2 is 1.58 bits per heavy atom. The minimum atomic E-state index is -5.02. The molecule has 0 bridgehead atoms. The highest BCUT2D eigenvalue weighted by atomic mass is 19.4. The Balaban J connectivity index is 2.04. The molecule has 0 aliphatic carbocycles. The molecule has 12 heteroatoms. The number of amides is 2. The molecule has 0 unspecified atom stereocenters. The summed E-state index contributed by atoms with van der Waals surface area (Å²) in [4.78, 5) is 17.9. The van der Waals surface area contributed by atoms with Crippen molar-refractivity contribution in [3.05, 3.63) is 70.0 Å². The minimum Gasteiger partial charge on any atom is -0.323 e. The van der Waals surface area contributed by atoms with Crippen molar-refractivity contribution in [2.24, 2.45) is 0 Å². The summed E-state index contributed by atoms with van der Waals surface area (Å²) in [6.45, 7) is 0.528. The third kappa shape index (κ3) is 6.05.